The Balaban J connectivity index is 1.33. The van der Waals surface area contributed by atoms with Gasteiger partial charge >= 0.3 is 0 Å². The molecule has 1 saturated carbocycles. The van der Waals surface area contributed by atoms with Gasteiger partial charge in [-0.3, -0.25) is 9.59 Å². The van der Waals surface area contributed by atoms with Crippen molar-refractivity contribution in [1.82, 2.24) is 10.2 Å². The van der Waals surface area contributed by atoms with E-state index in [1.165, 1.54) is 18.4 Å². The fourth-order valence-corrected chi connectivity index (χ4v) is 5.16. The van der Waals surface area contributed by atoms with Gasteiger partial charge in [-0.15, -0.1) is 0 Å². The number of benzene rings is 2. The molecule has 0 aromatic heterocycles. The molecule has 0 spiro atoms. The van der Waals surface area contributed by atoms with Crippen molar-refractivity contribution in [3.63, 3.8) is 0 Å². The van der Waals surface area contributed by atoms with E-state index >= 15 is 0 Å². The minimum Gasteiger partial charge on any atom is -0.342 e. The quantitative estimate of drug-likeness (QED) is 0.726. The predicted octanol–water partition coefficient (Wildman–Crippen LogP) is 3.43. The summed E-state index contributed by atoms with van der Waals surface area (Å²) in [5.41, 5.74) is 3.10. The maximum Gasteiger partial charge on any atom is 0.230 e. The van der Waals surface area contributed by atoms with Crippen LogP contribution in [0.15, 0.2) is 54.6 Å². The normalized spacial score (nSPS) is 25.0. The number of para-hydroxylation sites is 1. The number of fused-ring (bicyclic) bond motifs is 1. The molecule has 162 valence electrons. The van der Waals surface area contributed by atoms with E-state index in [4.69, 9.17) is 0 Å². The lowest BCUT2D eigenvalue weighted by atomic mass is 9.87. The SMILES string of the molecule is O=C1CC(C(=O)N(CC2CC2)C[C@@H]2CNC[C@@H]2Cc2ccccc2)c2ccccc2N1. The van der Waals surface area contributed by atoms with Crippen LogP contribution in [0.2, 0.25) is 0 Å². The van der Waals surface area contributed by atoms with Crippen molar-refractivity contribution in [2.45, 2.75) is 31.6 Å². The van der Waals surface area contributed by atoms with Crippen molar-refractivity contribution in [3.8, 4) is 0 Å². The highest BCUT2D eigenvalue weighted by molar-refractivity contribution is 6.01. The zero-order valence-electron chi connectivity index (χ0n) is 17.9. The van der Waals surface area contributed by atoms with Crippen LogP contribution in [0.5, 0.6) is 0 Å². The number of nitrogens with one attached hydrogen (secondary N) is 2. The first-order valence-electron chi connectivity index (χ1n) is 11.6. The molecule has 2 aromatic carbocycles. The molecule has 31 heavy (non-hydrogen) atoms. The summed E-state index contributed by atoms with van der Waals surface area (Å²) in [7, 11) is 0. The molecular formula is C26H31N3O2. The zero-order chi connectivity index (χ0) is 21.2. The largest absolute Gasteiger partial charge is 0.342 e. The fraction of sp³-hybridized carbons (Fsp3) is 0.462. The minimum absolute atomic E-state index is 0.0621. The van der Waals surface area contributed by atoms with E-state index in [9.17, 15) is 9.59 Å². The van der Waals surface area contributed by atoms with Crippen LogP contribution < -0.4 is 10.6 Å². The van der Waals surface area contributed by atoms with E-state index in [2.05, 4.69) is 45.9 Å². The molecule has 5 nitrogen and oxygen atoms in total. The van der Waals surface area contributed by atoms with Crippen LogP contribution in [-0.2, 0) is 16.0 Å². The minimum atomic E-state index is -0.370. The molecular weight excluding hydrogens is 386 g/mol. The average Bonchev–Trinajstić information content (AvgIpc) is 3.51. The summed E-state index contributed by atoms with van der Waals surface area (Å²) < 4.78 is 0. The first-order chi connectivity index (χ1) is 15.2. The van der Waals surface area contributed by atoms with E-state index in [-0.39, 0.29) is 24.2 Å². The molecule has 2 aromatic rings. The number of amides is 2. The second-order valence-electron chi connectivity index (χ2n) is 9.45. The third-order valence-electron chi connectivity index (χ3n) is 7.06. The molecule has 3 atom stereocenters. The highest BCUT2D eigenvalue weighted by Crippen LogP contribution is 2.36. The number of hydrogen-bond donors (Lipinski definition) is 2. The number of anilines is 1. The van der Waals surface area contributed by atoms with Crippen LogP contribution in [0.4, 0.5) is 5.69 Å². The zero-order valence-corrected chi connectivity index (χ0v) is 17.9. The smallest absolute Gasteiger partial charge is 0.230 e. The standard InChI is InChI=1S/C26H31N3O2/c30-25-13-23(22-8-4-5-9-24(22)28-25)26(31)29(16-19-10-11-19)17-21-15-27-14-20(21)12-18-6-2-1-3-7-18/h1-9,19-21,23,27H,10-17H2,(H,28,30)/t20-,21-,23?/m0/s1. The van der Waals surface area contributed by atoms with Gasteiger partial charge in [-0.2, -0.15) is 0 Å². The molecule has 2 N–H and O–H groups in total. The van der Waals surface area contributed by atoms with Crippen LogP contribution in [0, 0.1) is 17.8 Å². The van der Waals surface area contributed by atoms with Crippen molar-refractivity contribution in [2.24, 2.45) is 17.8 Å². The molecule has 3 aliphatic rings. The van der Waals surface area contributed by atoms with Crippen LogP contribution in [-0.4, -0.2) is 42.9 Å². The van der Waals surface area contributed by atoms with Gasteiger partial charge < -0.3 is 15.5 Å². The number of carbonyl (C=O) groups is 2. The Labute approximate surface area is 184 Å². The van der Waals surface area contributed by atoms with E-state index < -0.39 is 0 Å². The third-order valence-corrected chi connectivity index (χ3v) is 7.06. The Bertz CT molecular complexity index is 941. The van der Waals surface area contributed by atoms with Crippen LogP contribution in [0.3, 0.4) is 0 Å². The summed E-state index contributed by atoms with van der Waals surface area (Å²) in [5, 5.41) is 6.48. The van der Waals surface area contributed by atoms with Crippen LogP contribution in [0.1, 0.15) is 36.3 Å². The van der Waals surface area contributed by atoms with Gasteiger partial charge in [0.25, 0.3) is 0 Å². The van der Waals surface area contributed by atoms with Gasteiger partial charge in [-0.1, -0.05) is 48.5 Å². The van der Waals surface area contributed by atoms with E-state index in [1.807, 2.05) is 24.3 Å². The van der Waals surface area contributed by atoms with Gasteiger partial charge in [0.05, 0.1) is 5.92 Å². The summed E-state index contributed by atoms with van der Waals surface area (Å²) in [4.78, 5) is 28.1. The molecule has 1 aliphatic carbocycles. The lowest BCUT2D eigenvalue weighted by molar-refractivity contribution is -0.135. The molecule has 2 heterocycles. The van der Waals surface area contributed by atoms with Gasteiger partial charge in [0.15, 0.2) is 0 Å². The lowest BCUT2D eigenvalue weighted by Gasteiger charge is -2.33. The first kappa shape index (κ1) is 20.3. The molecule has 2 aliphatic heterocycles. The number of nitrogens with zero attached hydrogens (tertiary/aromatic N) is 1. The molecule has 5 rings (SSSR count). The van der Waals surface area contributed by atoms with Crippen molar-refractivity contribution in [1.29, 1.82) is 0 Å². The Morgan fingerprint density at radius 3 is 2.48 bits per heavy atom. The highest BCUT2D eigenvalue weighted by atomic mass is 16.2. The Hall–Kier alpha value is -2.66. The van der Waals surface area contributed by atoms with Crippen molar-refractivity contribution in [2.75, 3.05) is 31.5 Å². The van der Waals surface area contributed by atoms with E-state index in [0.717, 1.165) is 43.9 Å². The van der Waals surface area contributed by atoms with Gasteiger partial charge in [-0.05, 0) is 67.3 Å². The molecule has 1 saturated heterocycles. The summed E-state index contributed by atoms with van der Waals surface area (Å²) in [6, 6.07) is 18.4. The van der Waals surface area contributed by atoms with Crippen LogP contribution >= 0.6 is 0 Å². The summed E-state index contributed by atoms with van der Waals surface area (Å²) in [5.74, 6) is 1.28. The molecule has 2 fully saturated rings. The van der Waals surface area contributed by atoms with Crippen molar-refractivity contribution in [3.05, 3.63) is 65.7 Å². The highest BCUT2D eigenvalue weighted by Gasteiger charge is 2.38. The average molecular weight is 418 g/mol. The molecule has 0 bridgehead atoms. The first-order valence-corrected chi connectivity index (χ1v) is 11.6. The summed E-state index contributed by atoms with van der Waals surface area (Å²) in [6.45, 7) is 3.56. The van der Waals surface area contributed by atoms with E-state index in [1.54, 1.807) is 0 Å². The fourth-order valence-electron chi connectivity index (χ4n) is 5.16. The number of carbonyl (C=O) groups excluding carboxylic acids is 2. The molecule has 1 unspecified atom stereocenters. The summed E-state index contributed by atoms with van der Waals surface area (Å²) >= 11 is 0. The number of hydrogen-bond acceptors (Lipinski definition) is 3. The van der Waals surface area contributed by atoms with E-state index in [0.29, 0.717) is 17.8 Å². The second-order valence-corrected chi connectivity index (χ2v) is 9.45. The van der Waals surface area contributed by atoms with Gasteiger partial charge in [-0.25, -0.2) is 0 Å². The van der Waals surface area contributed by atoms with Crippen molar-refractivity contribution < 1.29 is 9.59 Å². The lowest BCUT2D eigenvalue weighted by Crippen LogP contribution is -2.43. The molecule has 2 amide bonds. The Morgan fingerprint density at radius 2 is 1.68 bits per heavy atom. The summed E-state index contributed by atoms with van der Waals surface area (Å²) in [6.07, 6.45) is 3.70. The molecule has 5 heteroatoms. The van der Waals surface area contributed by atoms with Gasteiger partial charge in [0.2, 0.25) is 11.8 Å². The third kappa shape index (κ3) is 4.67. The predicted molar refractivity (Wildman–Crippen MR) is 122 cm³/mol. The van der Waals surface area contributed by atoms with Crippen molar-refractivity contribution >= 4 is 17.5 Å². The van der Waals surface area contributed by atoms with Gasteiger partial charge in [0.1, 0.15) is 0 Å². The molecule has 0 radical (unpaired) electrons. The topological polar surface area (TPSA) is 61.4 Å². The maximum absolute atomic E-state index is 13.7. The van der Waals surface area contributed by atoms with Crippen LogP contribution in [0.25, 0.3) is 0 Å². The monoisotopic (exact) mass is 417 g/mol. The second kappa shape index (κ2) is 8.83. The number of rotatable bonds is 7. The Kier molecular flexibility index (Phi) is 5.77. The van der Waals surface area contributed by atoms with Gasteiger partial charge in [0, 0.05) is 25.2 Å². The Morgan fingerprint density at radius 1 is 0.935 bits per heavy atom. The maximum atomic E-state index is 13.7.